The summed E-state index contributed by atoms with van der Waals surface area (Å²) < 4.78 is 1.79. The number of nitrogens with zero attached hydrogens (tertiary/aromatic N) is 4. The van der Waals surface area contributed by atoms with Gasteiger partial charge in [0.2, 0.25) is 11.8 Å². The molecule has 2 aromatic carbocycles. The van der Waals surface area contributed by atoms with Gasteiger partial charge in [-0.2, -0.15) is 5.10 Å². The summed E-state index contributed by atoms with van der Waals surface area (Å²) in [6.45, 7) is 0.495. The Morgan fingerprint density at radius 1 is 1.04 bits per heavy atom. The second-order valence-electron chi connectivity index (χ2n) is 6.94. The SMILES string of the molecule is CN(Cc1ccccc1-n1cccn1)C(=O)CN1C(=O)CCc2ccccc21. The average molecular weight is 374 g/mol. The molecular formula is C22H22N4O2. The summed E-state index contributed by atoms with van der Waals surface area (Å²) in [4.78, 5) is 28.6. The van der Waals surface area contributed by atoms with Crippen molar-refractivity contribution in [3.63, 3.8) is 0 Å². The summed E-state index contributed by atoms with van der Waals surface area (Å²) in [6, 6.07) is 17.5. The van der Waals surface area contributed by atoms with Gasteiger partial charge in [0, 0.05) is 38.1 Å². The molecular weight excluding hydrogens is 352 g/mol. The second kappa shape index (κ2) is 7.68. The molecule has 0 N–H and O–H groups in total. The maximum atomic E-state index is 12.9. The molecule has 6 heteroatoms. The zero-order valence-corrected chi connectivity index (χ0v) is 15.8. The first kappa shape index (κ1) is 18.0. The summed E-state index contributed by atoms with van der Waals surface area (Å²) in [5.74, 6) is -0.0993. The third-order valence-electron chi connectivity index (χ3n) is 5.06. The Balaban J connectivity index is 1.51. The number of anilines is 1. The highest BCUT2D eigenvalue weighted by molar-refractivity contribution is 6.00. The molecule has 1 aliphatic rings. The number of amides is 2. The molecule has 0 radical (unpaired) electrons. The van der Waals surface area contributed by atoms with Crippen LogP contribution in [0.2, 0.25) is 0 Å². The molecule has 0 spiro atoms. The van der Waals surface area contributed by atoms with E-state index >= 15 is 0 Å². The van der Waals surface area contributed by atoms with Crippen LogP contribution >= 0.6 is 0 Å². The molecule has 0 bridgehead atoms. The number of aryl methyl sites for hydroxylation is 1. The van der Waals surface area contributed by atoms with Crippen molar-refractivity contribution in [1.29, 1.82) is 0 Å². The van der Waals surface area contributed by atoms with E-state index in [1.165, 1.54) is 0 Å². The number of hydrogen-bond acceptors (Lipinski definition) is 3. The van der Waals surface area contributed by atoms with E-state index < -0.39 is 0 Å². The number of benzene rings is 2. The molecule has 0 saturated carbocycles. The summed E-state index contributed by atoms with van der Waals surface area (Å²) in [5, 5.41) is 4.29. The van der Waals surface area contributed by atoms with Crippen molar-refractivity contribution < 1.29 is 9.59 Å². The van der Waals surface area contributed by atoms with Gasteiger partial charge in [-0.3, -0.25) is 9.59 Å². The predicted octanol–water partition coefficient (Wildman–Crippen LogP) is 2.81. The molecule has 6 nitrogen and oxygen atoms in total. The van der Waals surface area contributed by atoms with Crippen LogP contribution in [0.15, 0.2) is 67.0 Å². The van der Waals surface area contributed by atoms with E-state index in [4.69, 9.17) is 0 Å². The summed E-state index contributed by atoms with van der Waals surface area (Å²) in [5.41, 5.74) is 3.89. The molecule has 1 aliphatic heterocycles. The van der Waals surface area contributed by atoms with Crippen LogP contribution < -0.4 is 4.90 Å². The lowest BCUT2D eigenvalue weighted by molar-refractivity contribution is -0.130. The van der Waals surface area contributed by atoms with Gasteiger partial charge >= 0.3 is 0 Å². The number of aromatic nitrogens is 2. The molecule has 4 rings (SSSR count). The maximum absolute atomic E-state index is 12.9. The Morgan fingerprint density at radius 3 is 2.57 bits per heavy atom. The topological polar surface area (TPSA) is 58.4 Å². The van der Waals surface area contributed by atoms with Crippen LogP contribution in [0.4, 0.5) is 5.69 Å². The van der Waals surface area contributed by atoms with Gasteiger partial charge in [-0.15, -0.1) is 0 Å². The fourth-order valence-electron chi connectivity index (χ4n) is 3.55. The van der Waals surface area contributed by atoms with E-state index in [2.05, 4.69) is 5.10 Å². The average Bonchev–Trinajstić information content (AvgIpc) is 3.25. The summed E-state index contributed by atoms with van der Waals surface area (Å²) in [6.07, 6.45) is 4.78. The lowest BCUT2D eigenvalue weighted by Gasteiger charge is -2.30. The number of para-hydroxylation sites is 2. The van der Waals surface area contributed by atoms with Crippen molar-refractivity contribution in [2.24, 2.45) is 0 Å². The van der Waals surface area contributed by atoms with E-state index in [-0.39, 0.29) is 18.4 Å². The van der Waals surface area contributed by atoms with Gasteiger partial charge in [0.05, 0.1) is 5.69 Å². The monoisotopic (exact) mass is 374 g/mol. The van der Waals surface area contributed by atoms with Gasteiger partial charge in [0.25, 0.3) is 0 Å². The van der Waals surface area contributed by atoms with Gasteiger partial charge in [-0.25, -0.2) is 4.68 Å². The number of carbonyl (C=O) groups is 2. The van der Waals surface area contributed by atoms with E-state index in [0.29, 0.717) is 13.0 Å². The van der Waals surface area contributed by atoms with Crippen molar-refractivity contribution in [2.45, 2.75) is 19.4 Å². The highest BCUT2D eigenvalue weighted by Gasteiger charge is 2.26. The molecule has 2 heterocycles. The van der Waals surface area contributed by atoms with Crippen LogP contribution in [0.25, 0.3) is 5.69 Å². The Bertz CT molecular complexity index is 997. The Hall–Kier alpha value is -3.41. The van der Waals surface area contributed by atoms with Crippen molar-refractivity contribution in [1.82, 2.24) is 14.7 Å². The number of fused-ring (bicyclic) bond motifs is 1. The highest BCUT2D eigenvalue weighted by atomic mass is 16.2. The lowest BCUT2D eigenvalue weighted by Crippen LogP contribution is -2.43. The zero-order valence-electron chi connectivity index (χ0n) is 15.8. The molecule has 142 valence electrons. The van der Waals surface area contributed by atoms with Crippen LogP contribution in [0.1, 0.15) is 17.5 Å². The van der Waals surface area contributed by atoms with Crippen molar-refractivity contribution in [3.05, 3.63) is 78.1 Å². The number of hydrogen-bond donors (Lipinski definition) is 0. The molecule has 0 fully saturated rings. The quantitative estimate of drug-likeness (QED) is 0.690. The minimum absolute atomic E-state index is 0.00242. The van der Waals surface area contributed by atoms with E-state index in [0.717, 1.165) is 28.9 Å². The van der Waals surface area contributed by atoms with Gasteiger partial charge in [0.1, 0.15) is 6.54 Å². The van der Waals surface area contributed by atoms with Crippen molar-refractivity contribution >= 4 is 17.5 Å². The first-order chi connectivity index (χ1) is 13.6. The Kier molecular flexibility index (Phi) is 4.93. The summed E-state index contributed by atoms with van der Waals surface area (Å²) >= 11 is 0. The van der Waals surface area contributed by atoms with Gasteiger partial charge in [-0.05, 0) is 35.7 Å². The minimum atomic E-state index is -0.0969. The smallest absolute Gasteiger partial charge is 0.242 e. The minimum Gasteiger partial charge on any atom is -0.340 e. The Labute approximate surface area is 164 Å². The van der Waals surface area contributed by atoms with Gasteiger partial charge in [0.15, 0.2) is 0 Å². The second-order valence-corrected chi connectivity index (χ2v) is 6.94. The van der Waals surface area contributed by atoms with Gasteiger partial charge in [-0.1, -0.05) is 36.4 Å². The molecule has 3 aromatic rings. The molecule has 0 unspecified atom stereocenters. The van der Waals surface area contributed by atoms with E-state index in [1.54, 1.807) is 27.7 Å². The fraction of sp³-hybridized carbons (Fsp3) is 0.227. The number of rotatable bonds is 5. The normalized spacial score (nSPS) is 13.3. The molecule has 0 aliphatic carbocycles. The molecule has 0 saturated heterocycles. The first-order valence-corrected chi connectivity index (χ1v) is 9.33. The third-order valence-corrected chi connectivity index (χ3v) is 5.06. The molecule has 28 heavy (non-hydrogen) atoms. The predicted molar refractivity (Wildman–Crippen MR) is 107 cm³/mol. The maximum Gasteiger partial charge on any atom is 0.242 e. The highest BCUT2D eigenvalue weighted by Crippen LogP contribution is 2.27. The van der Waals surface area contributed by atoms with Crippen molar-refractivity contribution in [2.75, 3.05) is 18.5 Å². The Morgan fingerprint density at radius 2 is 1.79 bits per heavy atom. The number of carbonyl (C=O) groups excluding carboxylic acids is 2. The summed E-state index contributed by atoms with van der Waals surface area (Å²) in [7, 11) is 1.77. The fourth-order valence-corrected chi connectivity index (χ4v) is 3.55. The van der Waals surface area contributed by atoms with Crippen LogP contribution in [0.5, 0.6) is 0 Å². The van der Waals surface area contributed by atoms with Gasteiger partial charge < -0.3 is 9.80 Å². The molecule has 0 atom stereocenters. The van der Waals surface area contributed by atoms with Crippen molar-refractivity contribution in [3.8, 4) is 5.69 Å². The molecule has 1 aromatic heterocycles. The van der Waals surface area contributed by atoms with Crippen LogP contribution in [-0.2, 0) is 22.6 Å². The van der Waals surface area contributed by atoms with Crippen LogP contribution in [0.3, 0.4) is 0 Å². The van der Waals surface area contributed by atoms with E-state index in [9.17, 15) is 9.59 Å². The van der Waals surface area contributed by atoms with Crippen LogP contribution in [-0.4, -0.2) is 40.1 Å². The largest absolute Gasteiger partial charge is 0.340 e. The van der Waals surface area contributed by atoms with Crippen LogP contribution in [0, 0.1) is 0 Å². The first-order valence-electron chi connectivity index (χ1n) is 9.33. The zero-order chi connectivity index (χ0) is 19.5. The van der Waals surface area contributed by atoms with E-state index in [1.807, 2.05) is 60.8 Å². The third kappa shape index (κ3) is 3.53. The molecule has 2 amide bonds. The standard InChI is InChI=1S/C22H22N4O2/c1-24(15-18-8-3-5-10-20(18)26-14-6-13-23-26)22(28)16-25-19-9-4-2-7-17(19)11-12-21(25)27/h2-10,13-14H,11-12,15-16H2,1H3. The number of likely N-dealkylation sites (N-methyl/N-ethyl adjacent to an activating group) is 1. The lowest BCUT2D eigenvalue weighted by atomic mass is 10.0.